The summed E-state index contributed by atoms with van der Waals surface area (Å²) in [5, 5.41) is 35.5. The number of rotatable bonds is 11. The molecule has 2 bridgehead atoms. The van der Waals surface area contributed by atoms with Crippen molar-refractivity contribution in [3.8, 4) is 5.06 Å². The lowest BCUT2D eigenvalue weighted by atomic mass is 9.95. The molecule has 0 spiro atoms. The molecule has 36 heavy (non-hydrogen) atoms. The lowest BCUT2D eigenvalue weighted by molar-refractivity contribution is 0.0773. The number of nitrogens with zero attached hydrogens (tertiary/aromatic N) is 8. The molecule has 0 radical (unpaired) electrons. The van der Waals surface area contributed by atoms with E-state index in [4.69, 9.17) is 4.74 Å². The van der Waals surface area contributed by atoms with Crippen LogP contribution < -0.4 is 10.1 Å². The predicted molar refractivity (Wildman–Crippen MR) is 136 cm³/mol. The molecular formula is C24H37N9O2S. The molecule has 5 rings (SSSR count). The third kappa shape index (κ3) is 5.31. The summed E-state index contributed by atoms with van der Waals surface area (Å²) in [5.41, 5.74) is 0. The molecular weight excluding hydrogens is 478 g/mol. The predicted octanol–water partition coefficient (Wildman–Crippen LogP) is 2.67. The summed E-state index contributed by atoms with van der Waals surface area (Å²) < 4.78 is 7.84. The van der Waals surface area contributed by atoms with Crippen molar-refractivity contribution in [1.82, 2.24) is 45.2 Å². The van der Waals surface area contributed by atoms with Crippen molar-refractivity contribution in [1.29, 1.82) is 0 Å². The number of thiophene rings is 1. The Morgan fingerprint density at radius 3 is 2.58 bits per heavy atom. The maximum Gasteiger partial charge on any atom is 0.173 e. The molecule has 0 aliphatic carbocycles. The second-order valence-electron chi connectivity index (χ2n) is 10.3. The van der Waals surface area contributed by atoms with Gasteiger partial charge < -0.3 is 14.4 Å². The Hall–Kier alpha value is -2.41. The number of fused-ring (bicyclic) bond motifs is 2. The van der Waals surface area contributed by atoms with Gasteiger partial charge in [0.25, 0.3) is 0 Å². The summed E-state index contributed by atoms with van der Waals surface area (Å²) in [6.07, 6.45) is 6.24. The number of hydrogen-bond acceptors (Lipinski definition) is 10. The lowest BCUT2D eigenvalue weighted by Crippen LogP contribution is -2.45. The van der Waals surface area contributed by atoms with Gasteiger partial charge >= 0.3 is 0 Å². The Bertz CT molecular complexity index is 1100. The minimum absolute atomic E-state index is 0.00202. The topological polar surface area (TPSA) is 119 Å². The number of methoxy groups -OCH3 is 1. The second kappa shape index (κ2) is 10.9. The van der Waals surface area contributed by atoms with Crippen LogP contribution in [0, 0.1) is 6.92 Å². The molecule has 0 aromatic carbocycles. The first-order chi connectivity index (χ1) is 17.4. The largest absolute Gasteiger partial charge is 0.487 e. The van der Waals surface area contributed by atoms with E-state index in [-0.39, 0.29) is 12.6 Å². The van der Waals surface area contributed by atoms with Crippen LogP contribution in [0.25, 0.3) is 0 Å². The zero-order valence-electron chi connectivity index (χ0n) is 21.5. The van der Waals surface area contributed by atoms with Crippen LogP contribution >= 0.6 is 11.3 Å². The van der Waals surface area contributed by atoms with E-state index in [1.807, 2.05) is 6.07 Å². The quantitative estimate of drug-likeness (QED) is 0.372. The van der Waals surface area contributed by atoms with Gasteiger partial charge in [0.2, 0.25) is 0 Å². The van der Waals surface area contributed by atoms with Gasteiger partial charge in [0, 0.05) is 41.5 Å². The Balaban J connectivity index is 1.25. The van der Waals surface area contributed by atoms with Gasteiger partial charge in [-0.05, 0) is 56.4 Å². The van der Waals surface area contributed by atoms with Crippen LogP contribution in [0.1, 0.15) is 80.5 Å². The molecule has 3 aromatic rings. The van der Waals surface area contributed by atoms with Gasteiger partial charge in [-0.1, -0.05) is 13.8 Å². The van der Waals surface area contributed by atoms with Crippen LogP contribution in [0.5, 0.6) is 5.06 Å². The molecule has 12 heteroatoms. The first-order valence-corrected chi connectivity index (χ1v) is 13.7. The number of aromatic nitrogens is 7. The van der Waals surface area contributed by atoms with Crippen molar-refractivity contribution in [2.75, 3.05) is 13.7 Å². The SMILES string of the molecule is COc1ccc([C@H](CCN2C3CCC2CC(n2c(C)nnc2C(C)C)C3)NC(O)Cn2ncnn2)s1. The summed E-state index contributed by atoms with van der Waals surface area (Å²) in [7, 11) is 1.69. The molecule has 2 saturated heterocycles. The summed E-state index contributed by atoms with van der Waals surface area (Å²) in [4.78, 5) is 5.25. The second-order valence-corrected chi connectivity index (χ2v) is 11.3. The smallest absolute Gasteiger partial charge is 0.173 e. The number of aliphatic hydroxyl groups is 1. The number of piperidine rings is 1. The summed E-state index contributed by atoms with van der Waals surface area (Å²) in [6.45, 7) is 7.70. The monoisotopic (exact) mass is 515 g/mol. The van der Waals surface area contributed by atoms with E-state index in [2.05, 4.69) is 67.2 Å². The lowest BCUT2D eigenvalue weighted by Gasteiger charge is -2.40. The highest BCUT2D eigenvalue weighted by Crippen LogP contribution is 2.42. The van der Waals surface area contributed by atoms with E-state index in [0.717, 1.165) is 47.4 Å². The third-order valence-electron chi connectivity index (χ3n) is 7.58. The van der Waals surface area contributed by atoms with Crippen LogP contribution in [0.2, 0.25) is 0 Å². The van der Waals surface area contributed by atoms with E-state index >= 15 is 0 Å². The van der Waals surface area contributed by atoms with Crippen molar-refractivity contribution in [3.63, 3.8) is 0 Å². The average Bonchev–Trinajstić information content (AvgIpc) is 3.64. The average molecular weight is 516 g/mol. The van der Waals surface area contributed by atoms with Crippen molar-refractivity contribution >= 4 is 11.3 Å². The highest BCUT2D eigenvalue weighted by atomic mass is 32.1. The van der Waals surface area contributed by atoms with Crippen LogP contribution in [0.3, 0.4) is 0 Å². The number of aliphatic hydroxyl groups excluding tert-OH is 1. The number of ether oxygens (including phenoxy) is 1. The molecule has 196 valence electrons. The first kappa shape index (κ1) is 25.2. The maximum atomic E-state index is 10.7. The number of aryl methyl sites for hydroxylation is 1. The molecule has 0 amide bonds. The van der Waals surface area contributed by atoms with E-state index in [0.29, 0.717) is 24.0 Å². The summed E-state index contributed by atoms with van der Waals surface area (Å²) >= 11 is 1.62. The van der Waals surface area contributed by atoms with Crippen molar-refractivity contribution < 1.29 is 9.84 Å². The van der Waals surface area contributed by atoms with E-state index in [9.17, 15) is 5.11 Å². The normalized spacial score (nSPS) is 23.9. The minimum atomic E-state index is -0.786. The molecule has 2 aliphatic rings. The minimum Gasteiger partial charge on any atom is -0.487 e. The summed E-state index contributed by atoms with van der Waals surface area (Å²) in [6, 6.07) is 5.69. The van der Waals surface area contributed by atoms with Gasteiger partial charge in [0.1, 0.15) is 24.4 Å². The zero-order valence-corrected chi connectivity index (χ0v) is 22.3. The molecule has 5 heterocycles. The van der Waals surface area contributed by atoms with Gasteiger partial charge in [0.05, 0.1) is 7.11 Å². The zero-order chi connectivity index (χ0) is 25.2. The molecule has 0 saturated carbocycles. The van der Waals surface area contributed by atoms with Gasteiger partial charge in [-0.2, -0.15) is 4.80 Å². The van der Waals surface area contributed by atoms with Crippen LogP contribution in [0.4, 0.5) is 0 Å². The van der Waals surface area contributed by atoms with Crippen molar-refractivity contribution in [2.45, 2.75) is 95.7 Å². The Morgan fingerprint density at radius 1 is 1.17 bits per heavy atom. The van der Waals surface area contributed by atoms with Crippen molar-refractivity contribution in [3.05, 3.63) is 35.0 Å². The van der Waals surface area contributed by atoms with Gasteiger partial charge in [-0.3, -0.25) is 10.2 Å². The Labute approximate surface area is 215 Å². The fourth-order valence-electron chi connectivity index (χ4n) is 5.98. The van der Waals surface area contributed by atoms with E-state index < -0.39 is 6.23 Å². The highest BCUT2D eigenvalue weighted by molar-refractivity contribution is 7.13. The number of hydrogen-bond donors (Lipinski definition) is 2. The standard InChI is InChI=1S/C24H37N9O2S/c1-15(2)24-29-28-16(3)33(24)19-11-17-5-6-18(12-19)31(17)10-9-20(21-7-8-23(35-4)36-21)27-22(34)13-32-26-14-25-30-32/h7-8,14-15,17-20,22,27,34H,5-6,9-13H2,1-4H3/t17?,18?,19?,20-,22?/m0/s1. The highest BCUT2D eigenvalue weighted by Gasteiger charge is 2.42. The van der Waals surface area contributed by atoms with Gasteiger partial charge in [0.15, 0.2) is 11.4 Å². The van der Waals surface area contributed by atoms with Crippen LogP contribution in [0.15, 0.2) is 18.5 Å². The van der Waals surface area contributed by atoms with Crippen molar-refractivity contribution in [2.24, 2.45) is 0 Å². The van der Waals surface area contributed by atoms with Gasteiger partial charge in [-0.25, -0.2) is 0 Å². The molecule has 11 nitrogen and oxygen atoms in total. The van der Waals surface area contributed by atoms with Crippen LogP contribution in [-0.2, 0) is 6.54 Å². The fraction of sp³-hybridized carbons (Fsp3) is 0.708. The molecule has 3 unspecified atom stereocenters. The molecule has 2 N–H and O–H groups in total. The molecule has 4 atom stereocenters. The molecule has 2 fully saturated rings. The summed E-state index contributed by atoms with van der Waals surface area (Å²) in [5.74, 6) is 2.51. The van der Waals surface area contributed by atoms with Gasteiger partial charge in [-0.15, -0.1) is 31.7 Å². The van der Waals surface area contributed by atoms with Crippen LogP contribution in [-0.4, -0.2) is 76.9 Å². The van der Waals surface area contributed by atoms with E-state index in [1.54, 1.807) is 18.4 Å². The fourth-order valence-corrected chi connectivity index (χ4v) is 6.90. The molecule has 3 aromatic heterocycles. The Kier molecular flexibility index (Phi) is 7.65. The molecule has 2 aliphatic heterocycles. The Morgan fingerprint density at radius 2 is 1.94 bits per heavy atom. The first-order valence-electron chi connectivity index (χ1n) is 12.9. The van der Waals surface area contributed by atoms with E-state index in [1.165, 1.54) is 24.0 Å². The maximum absolute atomic E-state index is 10.7. The number of nitrogens with one attached hydrogen (secondary N) is 1. The number of tetrazole rings is 1. The third-order valence-corrected chi connectivity index (χ3v) is 8.74.